The fourth-order valence-corrected chi connectivity index (χ4v) is 3.03. The summed E-state index contributed by atoms with van der Waals surface area (Å²) in [5.74, 6) is 0.825. The molecule has 0 radical (unpaired) electrons. The van der Waals surface area contributed by atoms with Crippen LogP contribution in [0, 0.1) is 0 Å². The van der Waals surface area contributed by atoms with Crippen LogP contribution in [0.2, 0.25) is 0 Å². The highest BCUT2D eigenvalue weighted by Crippen LogP contribution is 2.36. The SMILES string of the molecule is Nc1ncc(-c2cc(Br)ccc2OCc2ccccc2)s1. The fraction of sp³-hybridized carbons (Fsp3) is 0.0625. The third-order valence-corrected chi connectivity index (χ3v) is 4.32. The monoisotopic (exact) mass is 360 g/mol. The molecule has 3 aromatic rings. The molecule has 0 unspecified atom stereocenters. The molecule has 0 saturated carbocycles. The summed E-state index contributed by atoms with van der Waals surface area (Å²) in [7, 11) is 0. The second-order valence-electron chi connectivity index (χ2n) is 4.48. The van der Waals surface area contributed by atoms with Crippen molar-refractivity contribution < 1.29 is 4.74 Å². The van der Waals surface area contributed by atoms with Crippen LogP contribution in [-0.4, -0.2) is 4.98 Å². The van der Waals surface area contributed by atoms with Gasteiger partial charge in [0, 0.05) is 16.2 Å². The first-order chi connectivity index (χ1) is 10.2. The molecule has 0 aliphatic heterocycles. The predicted molar refractivity (Wildman–Crippen MR) is 90.4 cm³/mol. The summed E-state index contributed by atoms with van der Waals surface area (Å²) >= 11 is 4.95. The van der Waals surface area contributed by atoms with Crippen LogP contribution in [-0.2, 0) is 6.61 Å². The van der Waals surface area contributed by atoms with E-state index in [0.717, 1.165) is 26.2 Å². The predicted octanol–water partition coefficient (Wildman–Crippen LogP) is 4.73. The molecular weight excluding hydrogens is 348 g/mol. The van der Waals surface area contributed by atoms with Crippen LogP contribution < -0.4 is 10.5 Å². The number of rotatable bonds is 4. The van der Waals surface area contributed by atoms with E-state index in [2.05, 4.69) is 20.9 Å². The van der Waals surface area contributed by atoms with E-state index in [0.29, 0.717) is 11.7 Å². The topological polar surface area (TPSA) is 48.1 Å². The molecule has 0 aliphatic rings. The second kappa shape index (κ2) is 6.28. The molecule has 2 N–H and O–H groups in total. The summed E-state index contributed by atoms with van der Waals surface area (Å²) < 4.78 is 6.96. The number of nitrogens with two attached hydrogens (primary N) is 1. The van der Waals surface area contributed by atoms with Crippen LogP contribution in [0.25, 0.3) is 10.4 Å². The summed E-state index contributed by atoms with van der Waals surface area (Å²) in [6.45, 7) is 0.532. The van der Waals surface area contributed by atoms with Crippen LogP contribution in [0.1, 0.15) is 5.56 Å². The Labute approximate surface area is 135 Å². The van der Waals surface area contributed by atoms with Gasteiger partial charge >= 0.3 is 0 Å². The van der Waals surface area contributed by atoms with Crippen molar-refractivity contribution in [2.75, 3.05) is 5.73 Å². The zero-order valence-corrected chi connectivity index (χ0v) is 13.5. The Bertz CT molecular complexity index is 743. The van der Waals surface area contributed by atoms with Crippen molar-refractivity contribution in [2.45, 2.75) is 6.61 Å². The maximum atomic E-state index is 5.96. The normalized spacial score (nSPS) is 10.5. The van der Waals surface area contributed by atoms with E-state index in [1.807, 2.05) is 48.5 Å². The van der Waals surface area contributed by atoms with Crippen molar-refractivity contribution in [3.8, 4) is 16.2 Å². The van der Waals surface area contributed by atoms with Gasteiger partial charge in [0.25, 0.3) is 0 Å². The third-order valence-electron chi connectivity index (χ3n) is 2.97. The van der Waals surface area contributed by atoms with Crippen molar-refractivity contribution in [3.05, 3.63) is 64.8 Å². The Hall–Kier alpha value is -1.85. The van der Waals surface area contributed by atoms with E-state index in [9.17, 15) is 0 Å². The molecule has 0 amide bonds. The molecule has 0 atom stereocenters. The lowest BCUT2D eigenvalue weighted by atomic mass is 10.2. The molecule has 3 nitrogen and oxygen atoms in total. The minimum atomic E-state index is 0.532. The molecule has 0 aliphatic carbocycles. The van der Waals surface area contributed by atoms with Crippen molar-refractivity contribution in [3.63, 3.8) is 0 Å². The first-order valence-electron chi connectivity index (χ1n) is 6.40. The zero-order chi connectivity index (χ0) is 14.7. The highest BCUT2D eigenvalue weighted by molar-refractivity contribution is 9.10. The van der Waals surface area contributed by atoms with Gasteiger partial charge in [0.05, 0.1) is 4.88 Å². The number of nitrogen functional groups attached to an aromatic ring is 1. The highest BCUT2D eigenvalue weighted by Gasteiger charge is 2.10. The molecule has 0 bridgehead atoms. The summed E-state index contributed by atoms with van der Waals surface area (Å²) in [5.41, 5.74) is 7.85. The van der Waals surface area contributed by atoms with Gasteiger partial charge < -0.3 is 10.5 Å². The number of hydrogen-bond acceptors (Lipinski definition) is 4. The minimum Gasteiger partial charge on any atom is -0.488 e. The van der Waals surface area contributed by atoms with Gasteiger partial charge in [-0.2, -0.15) is 0 Å². The Morgan fingerprint density at radius 1 is 1.14 bits per heavy atom. The maximum absolute atomic E-state index is 5.96. The number of aromatic nitrogens is 1. The number of halogens is 1. The molecule has 21 heavy (non-hydrogen) atoms. The quantitative estimate of drug-likeness (QED) is 0.731. The van der Waals surface area contributed by atoms with Crippen molar-refractivity contribution in [1.29, 1.82) is 0 Å². The smallest absolute Gasteiger partial charge is 0.180 e. The number of thiazole rings is 1. The van der Waals surface area contributed by atoms with Crippen molar-refractivity contribution >= 4 is 32.4 Å². The number of nitrogens with zero attached hydrogens (tertiary/aromatic N) is 1. The standard InChI is InChI=1S/C16H13BrN2OS/c17-12-6-7-14(20-10-11-4-2-1-3-5-11)13(8-12)15-9-19-16(18)21-15/h1-9H,10H2,(H2,18,19). The molecule has 5 heteroatoms. The third kappa shape index (κ3) is 3.43. The summed E-state index contributed by atoms with van der Waals surface area (Å²) in [6.07, 6.45) is 1.77. The number of ether oxygens (including phenoxy) is 1. The first kappa shape index (κ1) is 14.1. The van der Waals surface area contributed by atoms with Gasteiger partial charge in [-0.25, -0.2) is 4.98 Å². The van der Waals surface area contributed by atoms with Crippen LogP contribution in [0.4, 0.5) is 5.13 Å². The average Bonchev–Trinajstić information content (AvgIpc) is 2.93. The Balaban J connectivity index is 1.88. The number of benzene rings is 2. The Kier molecular flexibility index (Phi) is 4.22. The van der Waals surface area contributed by atoms with Gasteiger partial charge in [-0.05, 0) is 23.8 Å². The van der Waals surface area contributed by atoms with Gasteiger partial charge in [-0.3, -0.25) is 0 Å². The van der Waals surface area contributed by atoms with E-state index in [4.69, 9.17) is 10.5 Å². The van der Waals surface area contributed by atoms with E-state index >= 15 is 0 Å². The molecule has 106 valence electrons. The summed E-state index contributed by atoms with van der Waals surface area (Å²) in [4.78, 5) is 5.10. The van der Waals surface area contributed by atoms with Crippen molar-refractivity contribution in [1.82, 2.24) is 4.98 Å². The molecule has 0 fully saturated rings. The fourth-order valence-electron chi connectivity index (χ4n) is 1.97. The van der Waals surface area contributed by atoms with Gasteiger partial charge in [0.15, 0.2) is 5.13 Å². The molecule has 3 rings (SSSR count). The molecular formula is C16H13BrN2OS. The van der Waals surface area contributed by atoms with E-state index in [1.54, 1.807) is 6.20 Å². The zero-order valence-electron chi connectivity index (χ0n) is 11.1. The Morgan fingerprint density at radius 2 is 1.95 bits per heavy atom. The molecule has 0 saturated heterocycles. The van der Waals surface area contributed by atoms with Crippen LogP contribution >= 0.6 is 27.3 Å². The minimum absolute atomic E-state index is 0.532. The first-order valence-corrected chi connectivity index (χ1v) is 8.01. The molecule has 1 heterocycles. The maximum Gasteiger partial charge on any atom is 0.180 e. The van der Waals surface area contributed by atoms with Gasteiger partial charge in [-0.15, -0.1) is 0 Å². The van der Waals surface area contributed by atoms with E-state index < -0.39 is 0 Å². The Morgan fingerprint density at radius 3 is 2.67 bits per heavy atom. The van der Waals surface area contributed by atoms with Gasteiger partial charge in [-0.1, -0.05) is 57.6 Å². The summed E-state index contributed by atoms with van der Waals surface area (Å²) in [6, 6.07) is 16.0. The number of anilines is 1. The van der Waals surface area contributed by atoms with Gasteiger partial charge in [0.2, 0.25) is 0 Å². The van der Waals surface area contributed by atoms with Crippen LogP contribution in [0.3, 0.4) is 0 Å². The lowest BCUT2D eigenvalue weighted by Crippen LogP contribution is -1.96. The van der Waals surface area contributed by atoms with Crippen LogP contribution in [0.15, 0.2) is 59.2 Å². The lowest BCUT2D eigenvalue weighted by molar-refractivity contribution is 0.307. The molecule has 0 spiro atoms. The van der Waals surface area contributed by atoms with E-state index in [1.165, 1.54) is 11.3 Å². The second-order valence-corrected chi connectivity index (χ2v) is 6.46. The molecule has 2 aromatic carbocycles. The molecule has 1 aromatic heterocycles. The average molecular weight is 361 g/mol. The lowest BCUT2D eigenvalue weighted by Gasteiger charge is -2.11. The van der Waals surface area contributed by atoms with Crippen molar-refractivity contribution in [2.24, 2.45) is 0 Å². The van der Waals surface area contributed by atoms with E-state index in [-0.39, 0.29) is 0 Å². The summed E-state index contributed by atoms with van der Waals surface area (Å²) in [5, 5.41) is 0.555. The largest absolute Gasteiger partial charge is 0.488 e. The highest BCUT2D eigenvalue weighted by atomic mass is 79.9. The van der Waals surface area contributed by atoms with Gasteiger partial charge in [0.1, 0.15) is 12.4 Å². The number of hydrogen-bond donors (Lipinski definition) is 1. The van der Waals surface area contributed by atoms with Crippen LogP contribution in [0.5, 0.6) is 5.75 Å².